The van der Waals surface area contributed by atoms with Gasteiger partial charge in [0.25, 0.3) is 0 Å². The van der Waals surface area contributed by atoms with Crippen molar-refractivity contribution < 1.29 is 29.3 Å². The van der Waals surface area contributed by atoms with E-state index >= 15 is 0 Å². The molecule has 0 bridgehead atoms. The maximum absolute atomic E-state index is 12.9. The highest BCUT2D eigenvalue weighted by Gasteiger charge is 2.19. The fraction of sp³-hybridized carbons (Fsp3) is 0.953. The van der Waals surface area contributed by atoms with E-state index < -0.39 is 12.2 Å². The molecule has 0 aromatic carbocycles. The summed E-state index contributed by atoms with van der Waals surface area (Å²) in [7, 11) is 0. The van der Waals surface area contributed by atoms with E-state index in [4.69, 9.17) is 20.9 Å². The second-order valence-electron chi connectivity index (χ2n) is 15.5. The summed E-state index contributed by atoms with van der Waals surface area (Å²) in [6.07, 6.45) is 26.3. The molecule has 316 valence electrons. The summed E-state index contributed by atoms with van der Waals surface area (Å²) in [5, 5.41) is 20.5. The lowest BCUT2D eigenvalue weighted by Crippen LogP contribution is -2.39. The first-order chi connectivity index (χ1) is 25.8. The first-order valence-corrected chi connectivity index (χ1v) is 22.3. The van der Waals surface area contributed by atoms with Gasteiger partial charge in [0.1, 0.15) is 0 Å². The molecule has 0 aliphatic rings. The van der Waals surface area contributed by atoms with E-state index in [-0.39, 0.29) is 30.9 Å². The van der Waals surface area contributed by atoms with E-state index in [1.165, 1.54) is 51.4 Å². The van der Waals surface area contributed by atoms with Crippen molar-refractivity contribution in [2.24, 2.45) is 17.4 Å². The van der Waals surface area contributed by atoms with E-state index in [2.05, 4.69) is 23.6 Å². The molecule has 10 heteroatoms. The van der Waals surface area contributed by atoms with E-state index in [1.807, 2.05) is 6.92 Å². The Morgan fingerprint density at radius 1 is 0.509 bits per heavy atom. The van der Waals surface area contributed by atoms with Crippen LogP contribution in [0.1, 0.15) is 181 Å². The number of nitrogens with two attached hydrogens (primary N) is 2. The van der Waals surface area contributed by atoms with E-state index in [0.29, 0.717) is 32.7 Å². The van der Waals surface area contributed by atoms with Gasteiger partial charge in [0.05, 0.1) is 31.3 Å². The van der Waals surface area contributed by atoms with Crippen molar-refractivity contribution in [3.8, 4) is 0 Å². The number of ether oxygens (including phenoxy) is 2. The molecule has 0 rings (SSSR count). The molecule has 0 spiro atoms. The normalized spacial score (nSPS) is 13.5. The number of aliphatic hydroxyl groups is 2. The van der Waals surface area contributed by atoms with Gasteiger partial charge in [0.2, 0.25) is 0 Å². The highest BCUT2D eigenvalue weighted by atomic mass is 16.5. The molecule has 0 aliphatic carbocycles. The Balaban J connectivity index is 4.42. The Labute approximate surface area is 326 Å². The smallest absolute Gasteiger partial charge is 0.308 e. The van der Waals surface area contributed by atoms with Crippen LogP contribution in [-0.2, 0) is 19.1 Å². The topological polar surface area (TPSA) is 152 Å². The van der Waals surface area contributed by atoms with Gasteiger partial charge in [-0.1, -0.05) is 124 Å². The molecule has 0 heterocycles. The minimum Gasteiger partial charge on any atom is -0.466 e. The van der Waals surface area contributed by atoms with Crippen LogP contribution >= 0.6 is 0 Å². The van der Waals surface area contributed by atoms with Crippen LogP contribution in [0.15, 0.2) is 0 Å². The van der Waals surface area contributed by atoms with Crippen LogP contribution in [0.3, 0.4) is 0 Å². The van der Waals surface area contributed by atoms with Gasteiger partial charge in [-0.25, -0.2) is 0 Å². The van der Waals surface area contributed by atoms with Crippen LogP contribution in [0.4, 0.5) is 0 Å². The maximum Gasteiger partial charge on any atom is 0.308 e. The van der Waals surface area contributed by atoms with E-state index in [9.17, 15) is 19.8 Å². The Bertz CT molecular complexity index is 807. The summed E-state index contributed by atoms with van der Waals surface area (Å²) < 4.78 is 10.9. The summed E-state index contributed by atoms with van der Waals surface area (Å²) >= 11 is 0. The number of carbonyl (C=O) groups is 2. The molecule has 0 aromatic rings. The number of hydrogen-bond acceptors (Lipinski definition) is 10. The summed E-state index contributed by atoms with van der Waals surface area (Å²) in [5.41, 5.74) is 11.5. The van der Waals surface area contributed by atoms with Crippen molar-refractivity contribution in [3.05, 3.63) is 0 Å². The largest absolute Gasteiger partial charge is 0.466 e. The van der Waals surface area contributed by atoms with Crippen molar-refractivity contribution >= 4 is 11.9 Å². The van der Waals surface area contributed by atoms with Gasteiger partial charge in [0.15, 0.2) is 0 Å². The molecule has 6 N–H and O–H groups in total. The number of carbonyl (C=O) groups excluding carboxylic acids is 2. The average molecular weight is 757 g/mol. The van der Waals surface area contributed by atoms with E-state index in [0.717, 1.165) is 129 Å². The van der Waals surface area contributed by atoms with Crippen LogP contribution in [0, 0.1) is 5.92 Å². The lowest BCUT2D eigenvalue weighted by atomic mass is 9.94. The molecular formula is C43H88N4O6. The number of aliphatic hydroxyl groups excluding tert-OH is 2. The van der Waals surface area contributed by atoms with Crippen LogP contribution in [0.2, 0.25) is 0 Å². The van der Waals surface area contributed by atoms with Crippen molar-refractivity contribution in [3.63, 3.8) is 0 Å². The Kier molecular flexibility index (Phi) is 38.0. The summed E-state index contributed by atoms with van der Waals surface area (Å²) in [6.45, 7) is 12.8. The van der Waals surface area contributed by atoms with Crippen LogP contribution in [0.25, 0.3) is 0 Å². The average Bonchev–Trinajstić information content (AvgIpc) is 3.16. The Morgan fingerprint density at radius 3 is 1.30 bits per heavy atom. The summed E-state index contributed by atoms with van der Waals surface area (Å²) in [5.74, 6) is -0.0293. The van der Waals surface area contributed by atoms with Gasteiger partial charge in [-0.2, -0.15) is 0 Å². The first-order valence-electron chi connectivity index (χ1n) is 22.3. The first kappa shape index (κ1) is 51.7. The van der Waals surface area contributed by atoms with Crippen molar-refractivity contribution in [1.82, 2.24) is 9.80 Å². The van der Waals surface area contributed by atoms with Crippen molar-refractivity contribution in [1.29, 1.82) is 0 Å². The van der Waals surface area contributed by atoms with Crippen LogP contribution in [0.5, 0.6) is 0 Å². The molecule has 0 aliphatic heterocycles. The predicted molar refractivity (Wildman–Crippen MR) is 221 cm³/mol. The molecule has 0 saturated carbocycles. The third-order valence-corrected chi connectivity index (χ3v) is 10.4. The third-order valence-electron chi connectivity index (χ3n) is 10.4. The standard InChI is InChI=1S/C43H88N4O6/c1-4-7-9-11-14-20-28-39(27-19-10-8-5-2)43(51)53-34-26-18-13-16-22-30-47(38-41(49)36-45)32-24-23-31-46(37-40(48)35-44)29-21-15-12-17-25-33-52-42(50)6-3/h39-41,48-49H,4-38,44-45H2,1-3H3. The molecule has 0 aromatic heterocycles. The highest BCUT2D eigenvalue weighted by molar-refractivity contribution is 5.72. The maximum atomic E-state index is 12.9. The third kappa shape index (κ3) is 33.7. The second-order valence-corrected chi connectivity index (χ2v) is 15.5. The van der Waals surface area contributed by atoms with Crippen LogP contribution < -0.4 is 11.5 Å². The molecule has 0 saturated heterocycles. The molecule has 0 radical (unpaired) electrons. The van der Waals surface area contributed by atoms with Gasteiger partial charge in [-0.3, -0.25) is 9.59 Å². The second kappa shape index (κ2) is 39.0. The zero-order valence-corrected chi connectivity index (χ0v) is 35.1. The van der Waals surface area contributed by atoms with E-state index in [1.54, 1.807) is 0 Å². The number of esters is 2. The SMILES string of the molecule is CCCCCCCCC(CCCCCC)C(=O)OCCCCCCCN(CCCCN(CCCCCCCOC(=O)CC)CC(O)CN)CC(O)CN. The Hall–Kier alpha value is -1.30. The number of hydrogen-bond donors (Lipinski definition) is 4. The zero-order chi connectivity index (χ0) is 39.2. The molecule has 10 nitrogen and oxygen atoms in total. The quantitative estimate of drug-likeness (QED) is 0.0360. The van der Waals surface area contributed by atoms with Gasteiger partial charge >= 0.3 is 11.9 Å². The number of rotatable bonds is 41. The molecule has 53 heavy (non-hydrogen) atoms. The van der Waals surface area contributed by atoms with Gasteiger partial charge in [-0.15, -0.1) is 0 Å². The molecule has 3 unspecified atom stereocenters. The molecule has 3 atom stereocenters. The summed E-state index contributed by atoms with van der Waals surface area (Å²) in [4.78, 5) is 28.9. The van der Waals surface area contributed by atoms with Gasteiger partial charge < -0.3 is 41.0 Å². The van der Waals surface area contributed by atoms with Gasteiger partial charge in [-0.05, 0) is 77.5 Å². The molecular weight excluding hydrogens is 668 g/mol. The van der Waals surface area contributed by atoms with Crippen molar-refractivity contribution in [2.75, 3.05) is 65.6 Å². The number of unbranched alkanes of at least 4 members (excludes halogenated alkanes) is 17. The lowest BCUT2D eigenvalue weighted by molar-refractivity contribution is -0.149. The minimum absolute atomic E-state index is 0.0303. The fourth-order valence-electron chi connectivity index (χ4n) is 6.89. The summed E-state index contributed by atoms with van der Waals surface area (Å²) in [6, 6.07) is 0. The van der Waals surface area contributed by atoms with Crippen LogP contribution in [-0.4, -0.2) is 110 Å². The predicted octanol–water partition coefficient (Wildman–Crippen LogP) is 7.74. The highest BCUT2D eigenvalue weighted by Crippen LogP contribution is 2.21. The number of nitrogens with zero attached hydrogens (tertiary/aromatic N) is 2. The minimum atomic E-state index is -0.517. The lowest BCUT2D eigenvalue weighted by Gasteiger charge is -2.27. The monoisotopic (exact) mass is 757 g/mol. The Morgan fingerprint density at radius 2 is 0.868 bits per heavy atom. The zero-order valence-electron chi connectivity index (χ0n) is 35.1. The molecule has 0 fully saturated rings. The van der Waals surface area contributed by atoms with Crippen molar-refractivity contribution in [2.45, 2.75) is 193 Å². The van der Waals surface area contributed by atoms with Gasteiger partial charge in [0, 0.05) is 32.6 Å². The fourth-order valence-corrected chi connectivity index (χ4v) is 6.89. The molecule has 0 amide bonds.